The van der Waals surface area contributed by atoms with Gasteiger partial charge < -0.3 is 18.1 Å². The predicted octanol–water partition coefficient (Wildman–Crippen LogP) is -0.757. The molecule has 0 aromatic rings. The van der Waals surface area contributed by atoms with Crippen molar-refractivity contribution in [3.63, 3.8) is 0 Å². The summed E-state index contributed by atoms with van der Waals surface area (Å²) in [6.07, 6.45) is 0. The molecule has 0 aromatic heterocycles. The molecular weight excluding hydrogens is 222 g/mol. The zero-order valence-electron chi connectivity index (χ0n) is 9.53. The maximum Gasteiger partial charge on any atom is 0.483 e. The third-order valence-electron chi connectivity index (χ3n) is 0.916. The molecule has 1 amide bonds. The third kappa shape index (κ3) is 15.8. The van der Waals surface area contributed by atoms with Gasteiger partial charge in [0.15, 0.2) is 0 Å². The van der Waals surface area contributed by atoms with Gasteiger partial charge in [-0.25, -0.2) is 0 Å². The maximum absolute atomic E-state index is 9.96. The Morgan fingerprint density at radius 1 is 1.00 bits per heavy atom. The maximum atomic E-state index is 9.96. The highest BCUT2D eigenvalue weighted by Crippen LogP contribution is 1.81. The molecule has 0 heterocycles. The molecule has 0 unspecified atom stereocenters. The van der Waals surface area contributed by atoms with Crippen LogP contribution in [-0.2, 0) is 27.7 Å². The van der Waals surface area contributed by atoms with Gasteiger partial charge in [0.05, 0.1) is 0 Å². The van der Waals surface area contributed by atoms with Gasteiger partial charge in [0.1, 0.15) is 0 Å². The molecular formula is C7H17NO6Si. The fraction of sp³-hybridized carbons (Fsp3) is 0.714. The zero-order valence-corrected chi connectivity index (χ0v) is 10.7. The van der Waals surface area contributed by atoms with Crippen LogP contribution in [0.2, 0.25) is 0 Å². The Morgan fingerprint density at radius 3 is 1.47 bits per heavy atom. The highest BCUT2D eigenvalue weighted by atomic mass is 28.3. The van der Waals surface area contributed by atoms with Gasteiger partial charge in [-0.1, -0.05) is 0 Å². The number of hydrogen-bond acceptors (Lipinski definition) is 6. The van der Waals surface area contributed by atoms with Crippen molar-refractivity contribution < 1.29 is 27.7 Å². The van der Waals surface area contributed by atoms with E-state index in [1.54, 1.807) is 21.3 Å². The number of hydrogen-bond donors (Lipinski definition) is 1. The molecule has 0 bridgehead atoms. The predicted molar refractivity (Wildman–Crippen MR) is 53.8 cm³/mol. The van der Waals surface area contributed by atoms with Crippen LogP contribution in [0.5, 0.6) is 0 Å². The molecule has 0 aliphatic heterocycles. The van der Waals surface area contributed by atoms with Crippen LogP contribution in [0.1, 0.15) is 13.8 Å². The molecule has 90 valence electrons. The van der Waals surface area contributed by atoms with E-state index in [0.29, 0.717) is 0 Å². The molecule has 8 heteroatoms. The number of hydroxylamine groups is 1. The van der Waals surface area contributed by atoms with Crippen molar-refractivity contribution in [2.45, 2.75) is 13.8 Å². The molecule has 0 atom stereocenters. The Balaban J connectivity index is 0. The lowest BCUT2D eigenvalue weighted by atomic mass is 10.8. The summed E-state index contributed by atoms with van der Waals surface area (Å²) in [6.45, 7) is 2.46. The largest absolute Gasteiger partial charge is 0.483 e. The second kappa shape index (κ2) is 11.1. The summed E-state index contributed by atoms with van der Waals surface area (Å²) in [6, 6.07) is 0. The molecule has 1 N–H and O–H groups in total. The lowest BCUT2D eigenvalue weighted by molar-refractivity contribution is -0.155. The molecule has 0 aliphatic carbocycles. The Bertz CT molecular complexity index is 165. The van der Waals surface area contributed by atoms with Gasteiger partial charge in [-0.05, 0) is 0 Å². The summed E-state index contributed by atoms with van der Waals surface area (Å²) < 4.78 is 14.2. The highest BCUT2D eigenvalue weighted by molar-refractivity contribution is 6.36. The van der Waals surface area contributed by atoms with E-state index in [4.69, 9.17) is 13.3 Å². The average Bonchev–Trinajstić information content (AvgIpc) is 2.18. The SMILES string of the molecule is CC(=O)NOC(C)=O.CO[SiH](OC)OC. The second-order valence-corrected chi connectivity index (χ2v) is 4.24. The summed E-state index contributed by atoms with van der Waals surface area (Å²) in [5, 5.41) is 0. The molecule has 0 saturated carbocycles. The number of carbonyl (C=O) groups is 2. The summed E-state index contributed by atoms with van der Waals surface area (Å²) >= 11 is 0. The molecule has 7 nitrogen and oxygen atoms in total. The summed E-state index contributed by atoms with van der Waals surface area (Å²) in [5.74, 6) is -0.916. The average molecular weight is 239 g/mol. The zero-order chi connectivity index (χ0) is 12.3. The van der Waals surface area contributed by atoms with Gasteiger partial charge in [0, 0.05) is 35.2 Å². The summed E-state index contributed by atoms with van der Waals surface area (Å²) in [7, 11) is 3.05. The molecule has 0 aliphatic rings. The molecule has 0 aromatic carbocycles. The number of rotatable bonds is 3. The van der Waals surface area contributed by atoms with Crippen LogP contribution in [-0.4, -0.2) is 42.7 Å². The standard InChI is InChI=1S/C4H7NO3.C3H10O3Si/c1-3(6)5-8-4(2)7;1-4-7(5-2)6-3/h1-2H3,(H,5,6);7H,1-3H3. The Kier molecular flexibility index (Phi) is 12.2. The van der Waals surface area contributed by atoms with E-state index in [9.17, 15) is 9.59 Å². The minimum atomic E-state index is -1.67. The van der Waals surface area contributed by atoms with Crippen LogP contribution in [0, 0.1) is 0 Å². The van der Waals surface area contributed by atoms with E-state index in [1.807, 2.05) is 5.48 Å². The normalized spacial score (nSPS) is 8.93. The first-order chi connectivity index (χ1) is 6.97. The quantitative estimate of drug-likeness (QED) is 0.515. The summed E-state index contributed by atoms with van der Waals surface area (Å²) in [4.78, 5) is 23.9. The van der Waals surface area contributed by atoms with Crippen molar-refractivity contribution in [2.75, 3.05) is 21.3 Å². The van der Waals surface area contributed by atoms with Gasteiger partial charge in [-0.15, -0.1) is 0 Å². The van der Waals surface area contributed by atoms with Crippen molar-refractivity contribution in [1.29, 1.82) is 0 Å². The van der Waals surface area contributed by atoms with Crippen molar-refractivity contribution in [1.82, 2.24) is 5.48 Å². The number of amides is 1. The van der Waals surface area contributed by atoms with E-state index in [2.05, 4.69) is 4.84 Å². The minimum absolute atomic E-state index is 0.389. The molecule has 0 spiro atoms. The van der Waals surface area contributed by atoms with Crippen molar-refractivity contribution in [3.05, 3.63) is 0 Å². The first-order valence-electron chi connectivity index (χ1n) is 4.00. The van der Waals surface area contributed by atoms with Crippen LogP contribution in [0.25, 0.3) is 0 Å². The summed E-state index contributed by atoms with van der Waals surface area (Å²) in [5.41, 5.74) is 1.86. The van der Waals surface area contributed by atoms with E-state index in [0.717, 1.165) is 0 Å². The van der Waals surface area contributed by atoms with E-state index >= 15 is 0 Å². The van der Waals surface area contributed by atoms with Crippen LogP contribution in [0.15, 0.2) is 0 Å². The first kappa shape index (κ1) is 16.5. The second-order valence-electron chi connectivity index (χ2n) is 2.25. The monoisotopic (exact) mass is 239 g/mol. The van der Waals surface area contributed by atoms with E-state index in [-0.39, 0.29) is 5.91 Å². The van der Waals surface area contributed by atoms with Crippen LogP contribution in [0.4, 0.5) is 0 Å². The number of nitrogens with one attached hydrogen (secondary N) is 1. The fourth-order valence-electron chi connectivity index (χ4n) is 0.432. The van der Waals surface area contributed by atoms with Crippen molar-refractivity contribution >= 4 is 21.4 Å². The highest BCUT2D eigenvalue weighted by Gasteiger charge is 2.04. The van der Waals surface area contributed by atoms with Crippen LogP contribution < -0.4 is 5.48 Å². The van der Waals surface area contributed by atoms with Gasteiger partial charge in [0.2, 0.25) is 5.91 Å². The van der Waals surface area contributed by atoms with Crippen molar-refractivity contribution in [3.8, 4) is 0 Å². The molecule has 15 heavy (non-hydrogen) atoms. The number of carbonyl (C=O) groups excluding carboxylic acids is 2. The lowest BCUT2D eigenvalue weighted by Gasteiger charge is -2.05. The smallest absolute Gasteiger partial charge is 0.379 e. The molecule has 0 saturated heterocycles. The molecule has 0 fully saturated rings. The Labute approximate surface area is 90.6 Å². The Morgan fingerprint density at radius 2 is 1.40 bits per heavy atom. The molecule has 0 radical (unpaired) electrons. The first-order valence-corrected chi connectivity index (χ1v) is 5.41. The van der Waals surface area contributed by atoms with E-state index in [1.165, 1.54) is 13.8 Å². The van der Waals surface area contributed by atoms with Gasteiger partial charge in [-0.2, -0.15) is 5.48 Å². The van der Waals surface area contributed by atoms with Crippen molar-refractivity contribution in [2.24, 2.45) is 0 Å². The third-order valence-corrected chi connectivity index (χ3v) is 2.07. The topological polar surface area (TPSA) is 83.1 Å². The van der Waals surface area contributed by atoms with Gasteiger partial charge >= 0.3 is 15.5 Å². The van der Waals surface area contributed by atoms with Gasteiger partial charge in [0.25, 0.3) is 0 Å². The van der Waals surface area contributed by atoms with Crippen LogP contribution >= 0.6 is 0 Å². The Hall–Kier alpha value is -0.963. The lowest BCUT2D eigenvalue weighted by Crippen LogP contribution is -2.22. The van der Waals surface area contributed by atoms with E-state index < -0.39 is 15.5 Å². The van der Waals surface area contributed by atoms with Crippen LogP contribution in [0.3, 0.4) is 0 Å². The minimum Gasteiger partial charge on any atom is -0.379 e. The molecule has 0 rings (SSSR count). The fourth-order valence-corrected chi connectivity index (χ4v) is 1.01. The van der Waals surface area contributed by atoms with Gasteiger partial charge in [-0.3, -0.25) is 9.59 Å².